The first-order valence-corrected chi connectivity index (χ1v) is 15.2. The Morgan fingerprint density at radius 1 is 0.795 bits per heavy atom. The van der Waals surface area contributed by atoms with Gasteiger partial charge in [-0.05, 0) is 48.2 Å². The molecule has 1 aliphatic rings. The number of benzene rings is 4. The van der Waals surface area contributed by atoms with Gasteiger partial charge in [0.25, 0.3) is 0 Å². The third-order valence-electron chi connectivity index (χ3n) is 8.06. The van der Waals surface area contributed by atoms with Gasteiger partial charge in [0.15, 0.2) is 5.78 Å². The molecule has 44 heavy (non-hydrogen) atoms. The molecule has 2 N–H and O–H groups in total. The number of carbonyl (C=O) groups excluding carboxylic acids is 2. The molecule has 0 aromatic heterocycles. The summed E-state index contributed by atoms with van der Waals surface area (Å²) in [5.74, 6) is -0.244. The predicted molar refractivity (Wildman–Crippen MR) is 171 cm³/mol. The maximum atomic E-state index is 13.3. The molecule has 4 aromatic carbocycles. The number of hydrogen-bond donors (Lipinski definition) is 2. The molecule has 5 rings (SSSR count). The molecule has 0 radical (unpaired) electrons. The van der Waals surface area contributed by atoms with E-state index < -0.39 is 12.0 Å². The van der Waals surface area contributed by atoms with Crippen LogP contribution >= 0.6 is 0 Å². The smallest absolute Gasteiger partial charge is 0.326 e. The quantitative estimate of drug-likeness (QED) is 0.160. The van der Waals surface area contributed by atoms with Gasteiger partial charge in [0, 0.05) is 35.7 Å². The molecular weight excluding hydrogens is 552 g/mol. The van der Waals surface area contributed by atoms with Crippen LogP contribution in [-0.4, -0.2) is 46.9 Å². The van der Waals surface area contributed by atoms with Crippen molar-refractivity contribution >= 4 is 23.3 Å². The highest BCUT2D eigenvalue weighted by atomic mass is 16.5. The second-order valence-electron chi connectivity index (χ2n) is 11.2. The summed E-state index contributed by atoms with van der Waals surface area (Å²) in [5.41, 5.74) is 3.33. The summed E-state index contributed by atoms with van der Waals surface area (Å²) in [4.78, 5) is 40.5. The Labute approximate surface area is 258 Å². The van der Waals surface area contributed by atoms with Gasteiger partial charge in [0.05, 0.1) is 6.54 Å². The van der Waals surface area contributed by atoms with E-state index in [1.165, 1.54) is 0 Å². The Hall–Kier alpha value is -4.91. The van der Waals surface area contributed by atoms with Crippen molar-refractivity contribution in [2.24, 2.45) is 5.92 Å². The van der Waals surface area contributed by atoms with E-state index in [4.69, 9.17) is 4.74 Å². The number of aliphatic carboxylic acids is 1. The van der Waals surface area contributed by atoms with Crippen molar-refractivity contribution < 1.29 is 24.2 Å². The van der Waals surface area contributed by atoms with Crippen LogP contribution in [0.25, 0.3) is 0 Å². The van der Waals surface area contributed by atoms with Crippen LogP contribution in [0.1, 0.15) is 52.7 Å². The summed E-state index contributed by atoms with van der Waals surface area (Å²) in [6, 6.07) is 32.3. The molecule has 0 heterocycles. The number of nitrogens with one attached hydrogen (secondary N) is 1. The average molecular weight is 591 g/mol. The third-order valence-corrected chi connectivity index (χ3v) is 8.06. The Kier molecular flexibility index (Phi) is 10.4. The molecule has 1 aliphatic carbocycles. The lowest BCUT2D eigenvalue weighted by molar-refractivity contribution is -0.138. The maximum absolute atomic E-state index is 13.3. The molecular formula is C37H38N2O5. The largest absolute Gasteiger partial charge is 0.492 e. The van der Waals surface area contributed by atoms with Crippen LogP contribution in [0.15, 0.2) is 109 Å². The molecule has 1 atom stereocenters. The van der Waals surface area contributed by atoms with E-state index in [-0.39, 0.29) is 24.0 Å². The van der Waals surface area contributed by atoms with Crippen molar-refractivity contribution in [3.63, 3.8) is 0 Å². The highest BCUT2D eigenvalue weighted by Crippen LogP contribution is 2.27. The van der Waals surface area contributed by atoms with Crippen LogP contribution in [0.2, 0.25) is 0 Å². The number of carbonyl (C=O) groups is 3. The average Bonchev–Trinajstić information content (AvgIpc) is 3.60. The second kappa shape index (κ2) is 15.0. The van der Waals surface area contributed by atoms with Crippen molar-refractivity contribution in [2.45, 2.75) is 44.7 Å². The fraction of sp³-hybridized carbons (Fsp3) is 0.270. The molecule has 0 saturated heterocycles. The molecule has 0 spiro atoms. The lowest BCUT2D eigenvalue weighted by Gasteiger charge is -2.26. The number of carboxylic acid groups (broad SMARTS) is 1. The standard InChI is InChI=1S/C37H38N2O5/c40-35(29-13-5-2-6-14-29)32-17-9-10-18-33(32)38-34(37(42)43)25-27-19-21-31(22-20-27)44-24-23-39(26-28-11-3-1-4-12-28)36(41)30-15-7-8-16-30/h1-6,9-14,17-22,30,34,38H,7-8,15-16,23-26H2,(H,42,43)/t34-/m0/s1. The first-order chi connectivity index (χ1) is 21.5. The highest BCUT2D eigenvalue weighted by Gasteiger charge is 2.27. The van der Waals surface area contributed by atoms with Gasteiger partial charge in [-0.25, -0.2) is 4.79 Å². The minimum Gasteiger partial charge on any atom is -0.492 e. The van der Waals surface area contributed by atoms with Crippen LogP contribution < -0.4 is 10.1 Å². The van der Waals surface area contributed by atoms with Crippen molar-refractivity contribution in [1.82, 2.24) is 4.90 Å². The predicted octanol–water partition coefficient (Wildman–Crippen LogP) is 6.62. The van der Waals surface area contributed by atoms with Crippen LogP contribution in [-0.2, 0) is 22.6 Å². The van der Waals surface area contributed by atoms with Crippen LogP contribution in [0, 0.1) is 5.92 Å². The Morgan fingerprint density at radius 2 is 1.43 bits per heavy atom. The fourth-order valence-electron chi connectivity index (χ4n) is 5.67. The first-order valence-electron chi connectivity index (χ1n) is 15.2. The second-order valence-corrected chi connectivity index (χ2v) is 11.2. The van der Waals surface area contributed by atoms with Crippen molar-refractivity contribution in [1.29, 1.82) is 0 Å². The van der Waals surface area contributed by atoms with E-state index in [0.717, 1.165) is 36.8 Å². The molecule has 1 amide bonds. The maximum Gasteiger partial charge on any atom is 0.326 e. The van der Waals surface area contributed by atoms with E-state index >= 15 is 0 Å². The zero-order valence-electron chi connectivity index (χ0n) is 24.7. The summed E-state index contributed by atoms with van der Waals surface area (Å²) in [7, 11) is 0. The summed E-state index contributed by atoms with van der Waals surface area (Å²) in [5, 5.41) is 13.1. The number of hydrogen-bond acceptors (Lipinski definition) is 5. The van der Waals surface area contributed by atoms with Crippen LogP contribution in [0.4, 0.5) is 5.69 Å². The number of amides is 1. The molecule has 0 bridgehead atoms. The summed E-state index contributed by atoms with van der Waals surface area (Å²) < 4.78 is 6.01. The lowest BCUT2D eigenvalue weighted by Crippen LogP contribution is -2.37. The first kappa shape index (κ1) is 30.5. The van der Waals surface area contributed by atoms with Gasteiger partial charge in [-0.15, -0.1) is 0 Å². The van der Waals surface area contributed by atoms with Gasteiger partial charge in [-0.2, -0.15) is 0 Å². The zero-order chi connectivity index (χ0) is 30.7. The van der Waals surface area contributed by atoms with E-state index in [9.17, 15) is 19.5 Å². The minimum atomic E-state index is -1.02. The highest BCUT2D eigenvalue weighted by molar-refractivity contribution is 6.12. The van der Waals surface area contributed by atoms with Gasteiger partial charge in [-0.1, -0.05) is 97.8 Å². The Morgan fingerprint density at radius 3 is 2.11 bits per heavy atom. The van der Waals surface area contributed by atoms with Gasteiger partial charge in [0.2, 0.25) is 5.91 Å². The summed E-state index contributed by atoms with van der Waals surface area (Å²) in [6.45, 7) is 1.40. The molecule has 226 valence electrons. The summed E-state index contributed by atoms with van der Waals surface area (Å²) >= 11 is 0. The minimum absolute atomic E-state index is 0.0946. The SMILES string of the molecule is O=C(c1ccccc1)c1ccccc1N[C@@H](Cc1ccc(OCCN(Cc2ccccc2)C(=O)C2CCCC2)cc1)C(=O)O. The topological polar surface area (TPSA) is 95.9 Å². The summed E-state index contributed by atoms with van der Waals surface area (Å²) in [6.07, 6.45) is 4.33. The fourth-order valence-corrected chi connectivity index (χ4v) is 5.67. The zero-order valence-corrected chi connectivity index (χ0v) is 24.7. The van der Waals surface area contributed by atoms with Crippen LogP contribution in [0.3, 0.4) is 0 Å². The van der Waals surface area contributed by atoms with Gasteiger partial charge in [0.1, 0.15) is 18.4 Å². The number of ether oxygens (including phenoxy) is 1. The lowest BCUT2D eigenvalue weighted by atomic mass is 10.00. The number of anilines is 1. The van der Waals surface area contributed by atoms with Crippen molar-refractivity contribution in [3.05, 3.63) is 131 Å². The Bertz CT molecular complexity index is 1530. The van der Waals surface area contributed by atoms with E-state index in [1.54, 1.807) is 48.5 Å². The van der Waals surface area contributed by atoms with E-state index in [1.807, 2.05) is 65.6 Å². The van der Waals surface area contributed by atoms with Gasteiger partial charge < -0.3 is 20.1 Å². The Balaban J connectivity index is 1.19. The number of rotatable bonds is 14. The molecule has 1 fully saturated rings. The molecule has 0 unspecified atom stereocenters. The van der Waals surface area contributed by atoms with E-state index in [2.05, 4.69) is 5.32 Å². The number of nitrogens with zero attached hydrogens (tertiary/aromatic N) is 1. The van der Waals surface area contributed by atoms with E-state index in [0.29, 0.717) is 42.3 Å². The molecule has 0 aliphatic heterocycles. The number of para-hydroxylation sites is 1. The molecule has 7 heteroatoms. The third kappa shape index (κ3) is 8.13. The van der Waals surface area contributed by atoms with Crippen LogP contribution in [0.5, 0.6) is 5.75 Å². The monoisotopic (exact) mass is 590 g/mol. The number of carboxylic acids is 1. The number of ketones is 1. The van der Waals surface area contributed by atoms with Crippen molar-refractivity contribution in [2.75, 3.05) is 18.5 Å². The normalized spacial score (nSPS) is 13.6. The van der Waals surface area contributed by atoms with Gasteiger partial charge >= 0.3 is 5.97 Å². The molecule has 7 nitrogen and oxygen atoms in total. The van der Waals surface area contributed by atoms with Gasteiger partial charge in [-0.3, -0.25) is 9.59 Å². The molecule has 1 saturated carbocycles. The van der Waals surface area contributed by atoms with Crippen molar-refractivity contribution in [3.8, 4) is 5.75 Å². The molecule has 4 aromatic rings.